The molecule has 1 unspecified atom stereocenters. The number of nitrogens with zero attached hydrogens (tertiary/aromatic N) is 2. The van der Waals surface area contributed by atoms with Crippen LogP contribution in [-0.4, -0.2) is 28.9 Å². The lowest BCUT2D eigenvalue weighted by Gasteiger charge is -2.27. The summed E-state index contributed by atoms with van der Waals surface area (Å²) in [5.41, 5.74) is 5.17. The summed E-state index contributed by atoms with van der Waals surface area (Å²) >= 11 is 0. The summed E-state index contributed by atoms with van der Waals surface area (Å²) in [6, 6.07) is 12.1. The van der Waals surface area contributed by atoms with Crippen molar-refractivity contribution in [2.45, 2.75) is 33.7 Å². The van der Waals surface area contributed by atoms with Crippen LogP contribution < -0.4 is 9.64 Å². The second kappa shape index (κ2) is 8.54. The van der Waals surface area contributed by atoms with E-state index in [-0.39, 0.29) is 11.3 Å². The molecule has 33 heavy (non-hydrogen) atoms. The number of hydrogen-bond acceptors (Lipinski definition) is 5. The number of benzene rings is 2. The van der Waals surface area contributed by atoms with Crippen LogP contribution in [0.3, 0.4) is 0 Å². The predicted molar refractivity (Wildman–Crippen MR) is 127 cm³/mol. The minimum Gasteiger partial charge on any atom is -0.507 e. The Morgan fingerprint density at radius 1 is 1.00 bits per heavy atom. The predicted octanol–water partition coefficient (Wildman–Crippen LogP) is 4.95. The maximum Gasteiger partial charge on any atom is 0.300 e. The molecule has 4 rings (SSSR count). The van der Waals surface area contributed by atoms with Crippen molar-refractivity contribution in [2.75, 3.05) is 12.0 Å². The van der Waals surface area contributed by atoms with Crippen molar-refractivity contribution in [3.05, 3.63) is 93.8 Å². The highest BCUT2D eigenvalue weighted by atomic mass is 16.5. The van der Waals surface area contributed by atoms with E-state index >= 15 is 0 Å². The second-order valence-corrected chi connectivity index (χ2v) is 8.38. The Hall–Kier alpha value is -3.93. The van der Waals surface area contributed by atoms with Crippen LogP contribution >= 0.6 is 0 Å². The third kappa shape index (κ3) is 3.78. The van der Waals surface area contributed by atoms with Gasteiger partial charge in [0.25, 0.3) is 11.7 Å². The molecule has 1 aliphatic rings. The molecule has 1 N–H and O–H groups in total. The fourth-order valence-electron chi connectivity index (χ4n) is 4.32. The quantitative estimate of drug-likeness (QED) is 0.351. The van der Waals surface area contributed by atoms with E-state index in [0.717, 1.165) is 22.3 Å². The highest BCUT2D eigenvalue weighted by Gasteiger charge is 2.47. The number of amides is 1. The summed E-state index contributed by atoms with van der Waals surface area (Å²) in [4.78, 5) is 32.4. The normalized spacial score (nSPS) is 17.5. The zero-order chi connectivity index (χ0) is 23.9. The van der Waals surface area contributed by atoms with E-state index < -0.39 is 17.7 Å². The smallest absolute Gasteiger partial charge is 0.300 e. The first-order valence-corrected chi connectivity index (χ1v) is 10.7. The molecule has 0 radical (unpaired) electrons. The molecule has 1 aromatic heterocycles. The molecule has 1 amide bonds. The van der Waals surface area contributed by atoms with Crippen LogP contribution in [0.15, 0.2) is 60.4 Å². The van der Waals surface area contributed by atoms with Crippen molar-refractivity contribution in [1.82, 2.24) is 4.98 Å². The van der Waals surface area contributed by atoms with Crippen LogP contribution in [-0.2, 0) is 9.59 Å². The number of carbonyl (C=O) groups is 2. The van der Waals surface area contributed by atoms with E-state index in [2.05, 4.69) is 4.98 Å². The summed E-state index contributed by atoms with van der Waals surface area (Å²) in [6.45, 7) is 7.52. The number of hydrogen-bond donors (Lipinski definition) is 1. The summed E-state index contributed by atoms with van der Waals surface area (Å²) < 4.78 is 5.38. The number of ketones is 1. The van der Waals surface area contributed by atoms with Crippen molar-refractivity contribution in [1.29, 1.82) is 0 Å². The van der Waals surface area contributed by atoms with Crippen LogP contribution in [0.4, 0.5) is 5.69 Å². The fraction of sp³-hybridized carbons (Fsp3) is 0.222. The fourth-order valence-corrected chi connectivity index (χ4v) is 4.32. The minimum atomic E-state index is -0.805. The van der Waals surface area contributed by atoms with E-state index in [0.29, 0.717) is 22.6 Å². The number of aromatic nitrogens is 1. The molecule has 1 atom stereocenters. The van der Waals surface area contributed by atoms with E-state index in [1.165, 1.54) is 4.90 Å². The molecule has 1 aliphatic heterocycles. The lowest BCUT2D eigenvalue weighted by atomic mass is 9.93. The Balaban J connectivity index is 1.99. The molecule has 2 heterocycles. The summed E-state index contributed by atoms with van der Waals surface area (Å²) in [7, 11) is 1.58. The van der Waals surface area contributed by atoms with E-state index in [4.69, 9.17) is 4.74 Å². The number of aryl methyl sites for hydroxylation is 4. The van der Waals surface area contributed by atoms with Crippen molar-refractivity contribution < 1.29 is 19.4 Å². The number of aliphatic hydroxyl groups excluding tert-OH is 1. The van der Waals surface area contributed by atoms with Crippen LogP contribution in [0.1, 0.15) is 39.4 Å². The zero-order valence-corrected chi connectivity index (χ0v) is 19.3. The van der Waals surface area contributed by atoms with Gasteiger partial charge in [-0.2, -0.15) is 0 Å². The number of Topliss-reactive ketones (excluding diaryl/α,β-unsaturated/α-hetero) is 1. The Kier molecular flexibility index (Phi) is 5.77. The van der Waals surface area contributed by atoms with Gasteiger partial charge in [0.1, 0.15) is 11.5 Å². The van der Waals surface area contributed by atoms with E-state index in [9.17, 15) is 14.7 Å². The van der Waals surface area contributed by atoms with Crippen LogP contribution in [0.5, 0.6) is 5.75 Å². The molecule has 6 nitrogen and oxygen atoms in total. The van der Waals surface area contributed by atoms with Gasteiger partial charge >= 0.3 is 0 Å². The lowest BCUT2D eigenvalue weighted by Crippen LogP contribution is -2.30. The van der Waals surface area contributed by atoms with E-state index in [1.54, 1.807) is 37.7 Å². The van der Waals surface area contributed by atoms with Gasteiger partial charge in [0.05, 0.1) is 18.7 Å². The van der Waals surface area contributed by atoms with Gasteiger partial charge in [0.15, 0.2) is 0 Å². The number of aliphatic hydroxyl groups is 1. The maximum atomic E-state index is 13.3. The summed E-state index contributed by atoms with van der Waals surface area (Å²) in [5.74, 6) is -0.931. The first-order chi connectivity index (χ1) is 15.7. The van der Waals surface area contributed by atoms with E-state index in [1.807, 2.05) is 52.0 Å². The SMILES string of the molecule is COc1cc(C)c(/C(O)=C2\C(=O)C(=O)N(c3cc(C)ccc3C)C2c2cccnc2)cc1C. The molecule has 2 aromatic carbocycles. The summed E-state index contributed by atoms with van der Waals surface area (Å²) in [5, 5.41) is 11.4. The van der Waals surface area contributed by atoms with Gasteiger partial charge in [-0.1, -0.05) is 18.2 Å². The number of ether oxygens (including phenoxy) is 1. The van der Waals surface area contributed by atoms with Gasteiger partial charge in [-0.3, -0.25) is 19.5 Å². The van der Waals surface area contributed by atoms with Gasteiger partial charge in [-0.15, -0.1) is 0 Å². The Labute approximate surface area is 193 Å². The van der Waals surface area contributed by atoms with Crippen molar-refractivity contribution in [2.24, 2.45) is 0 Å². The standard InChI is InChI=1S/C27H26N2O4/c1-15-8-9-16(2)21(11-15)29-24(19-7-6-10-28-14-19)23(26(31)27(29)32)25(30)20-12-18(4)22(33-5)13-17(20)3/h6-14,24,30H,1-5H3/b25-23+. The average Bonchev–Trinajstić information content (AvgIpc) is 3.07. The number of methoxy groups -OCH3 is 1. The molecule has 168 valence electrons. The Bertz CT molecular complexity index is 1290. The Morgan fingerprint density at radius 2 is 1.76 bits per heavy atom. The molecule has 1 fully saturated rings. The van der Waals surface area contributed by atoms with Gasteiger partial charge in [-0.05, 0) is 79.8 Å². The number of anilines is 1. The minimum absolute atomic E-state index is 0.0431. The Morgan fingerprint density at radius 3 is 2.42 bits per heavy atom. The van der Waals surface area contributed by atoms with Gasteiger partial charge < -0.3 is 9.84 Å². The van der Waals surface area contributed by atoms with Crippen LogP contribution in [0, 0.1) is 27.7 Å². The number of carbonyl (C=O) groups excluding carboxylic acids is 2. The molecule has 0 spiro atoms. The van der Waals surface area contributed by atoms with Gasteiger partial charge in [-0.25, -0.2) is 0 Å². The molecule has 3 aromatic rings. The molecule has 1 saturated heterocycles. The third-order valence-electron chi connectivity index (χ3n) is 6.07. The number of rotatable bonds is 4. The third-order valence-corrected chi connectivity index (χ3v) is 6.07. The molecule has 6 heteroatoms. The molecule has 0 bridgehead atoms. The maximum absolute atomic E-state index is 13.3. The molecular weight excluding hydrogens is 416 g/mol. The summed E-state index contributed by atoms with van der Waals surface area (Å²) in [6.07, 6.45) is 3.25. The average molecular weight is 443 g/mol. The monoisotopic (exact) mass is 442 g/mol. The first-order valence-electron chi connectivity index (χ1n) is 10.7. The topological polar surface area (TPSA) is 79.7 Å². The second-order valence-electron chi connectivity index (χ2n) is 8.38. The lowest BCUT2D eigenvalue weighted by molar-refractivity contribution is -0.132. The zero-order valence-electron chi connectivity index (χ0n) is 19.3. The van der Waals surface area contributed by atoms with Crippen LogP contribution in [0.2, 0.25) is 0 Å². The molecule has 0 saturated carbocycles. The highest BCUT2D eigenvalue weighted by Crippen LogP contribution is 2.43. The van der Waals surface area contributed by atoms with Gasteiger partial charge in [0, 0.05) is 23.6 Å². The van der Waals surface area contributed by atoms with Gasteiger partial charge in [0.2, 0.25) is 0 Å². The van der Waals surface area contributed by atoms with Crippen molar-refractivity contribution in [3.8, 4) is 5.75 Å². The largest absolute Gasteiger partial charge is 0.507 e. The highest BCUT2D eigenvalue weighted by molar-refractivity contribution is 6.51. The van der Waals surface area contributed by atoms with Crippen molar-refractivity contribution in [3.63, 3.8) is 0 Å². The molecule has 0 aliphatic carbocycles. The molecular formula is C27H26N2O4. The van der Waals surface area contributed by atoms with Crippen molar-refractivity contribution >= 4 is 23.1 Å². The van der Waals surface area contributed by atoms with Crippen LogP contribution in [0.25, 0.3) is 5.76 Å². The first kappa shape index (κ1) is 22.3. The number of pyridine rings is 1.